The summed E-state index contributed by atoms with van der Waals surface area (Å²) in [6.45, 7) is 10.2. The quantitative estimate of drug-likeness (QED) is 0.268. The highest BCUT2D eigenvalue weighted by atomic mass is 16.5. The van der Waals surface area contributed by atoms with Crippen molar-refractivity contribution < 1.29 is 14.6 Å². The third-order valence-corrected chi connectivity index (χ3v) is 6.55. The SMILES string of the molecule is C=CC(O)c1cc(-c2ccc(C)cc2)ccc1Oc1ccc(C(C)(C)c2ccc(OC)cc2)cc1. The maximum atomic E-state index is 10.6. The van der Waals surface area contributed by atoms with Gasteiger partial charge in [0.25, 0.3) is 0 Å². The Bertz CT molecular complexity index is 1280. The molecule has 4 aromatic rings. The summed E-state index contributed by atoms with van der Waals surface area (Å²) in [6.07, 6.45) is 0.686. The fraction of sp³-hybridized carbons (Fsp3) is 0.188. The van der Waals surface area contributed by atoms with Gasteiger partial charge in [0.1, 0.15) is 23.4 Å². The van der Waals surface area contributed by atoms with E-state index in [1.807, 2.05) is 42.5 Å². The minimum Gasteiger partial charge on any atom is -0.497 e. The van der Waals surface area contributed by atoms with Gasteiger partial charge >= 0.3 is 0 Å². The van der Waals surface area contributed by atoms with Crippen molar-refractivity contribution in [1.29, 1.82) is 0 Å². The summed E-state index contributed by atoms with van der Waals surface area (Å²) in [5.74, 6) is 2.16. The van der Waals surface area contributed by atoms with E-state index in [1.165, 1.54) is 22.8 Å². The molecule has 0 radical (unpaired) electrons. The van der Waals surface area contributed by atoms with Gasteiger partial charge < -0.3 is 14.6 Å². The first-order chi connectivity index (χ1) is 16.8. The van der Waals surface area contributed by atoms with Gasteiger partial charge in [0.2, 0.25) is 0 Å². The fourth-order valence-corrected chi connectivity index (χ4v) is 4.17. The largest absolute Gasteiger partial charge is 0.497 e. The van der Waals surface area contributed by atoms with Gasteiger partial charge in [-0.25, -0.2) is 0 Å². The fourth-order valence-electron chi connectivity index (χ4n) is 4.17. The lowest BCUT2D eigenvalue weighted by atomic mass is 9.78. The molecule has 178 valence electrons. The lowest BCUT2D eigenvalue weighted by molar-refractivity contribution is 0.225. The van der Waals surface area contributed by atoms with Gasteiger partial charge in [-0.2, -0.15) is 0 Å². The second-order valence-corrected chi connectivity index (χ2v) is 9.28. The molecule has 0 aliphatic heterocycles. The van der Waals surface area contributed by atoms with Crippen LogP contribution in [0.2, 0.25) is 0 Å². The molecular formula is C32H32O3. The van der Waals surface area contributed by atoms with Crippen LogP contribution in [-0.4, -0.2) is 12.2 Å². The number of hydrogen-bond acceptors (Lipinski definition) is 3. The van der Waals surface area contributed by atoms with Crippen molar-refractivity contribution in [3.8, 4) is 28.4 Å². The molecule has 0 heterocycles. The van der Waals surface area contributed by atoms with Gasteiger partial charge in [-0.1, -0.05) is 80.1 Å². The summed E-state index contributed by atoms with van der Waals surface area (Å²) in [5.41, 5.74) is 6.20. The molecule has 0 fully saturated rings. The Labute approximate surface area is 208 Å². The predicted molar refractivity (Wildman–Crippen MR) is 143 cm³/mol. The molecule has 0 aliphatic carbocycles. The number of aliphatic hydroxyl groups is 1. The van der Waals surface area contributed by atoms with Crippen molar-refractivity contribution in [3.05, 3.63) is 126 Å². The molecular weight excluding hydrogens is 432 g/mol. The zero-order valence-electron chi connectivity index (χ0n) is 20.8. The smallest absolute Gasteiger partial charge is 0.133 e. The van der Waals surface area contributed by atoms with Gasteiger partial charge in [0, 0.05) is 11.0 Å². The van der Waals surface area contributed by atoms with Gasteiger partial charge in [-0.3, -0.25) is 0 Å². The van der Waals surface area contributed by atoms with Crippen molar-refractivity contribution in [2.75, 3.05) is 7.11 Å². The van der Waals surface area contributed by atoms with E-state index < -0.39 is 6.10 Å². The van der Waals surface area contributed by atoms with Gasteiger partial charge in [-0.05, 0) is 65.6 Å². The Morgan fingerprint density at radius 1 is 0.771 bits per heavy atom. The van der Waals surface area contributed by atoms with E-state index in [4.69, 9.17) is 9.47 Å². The van der Waals surface area contributed by atoms with Crippen LogP contribution in [0.1, 0.15) is 42.2 Å². The third-order valence-electron chi connectivity index (χ3n) is 6.55. The number of ether oxygens (including phenoxy) is 2. The van der Waals surface area contributed by atoms with Crippen LogP contribution < -0.4 is 9.47 Å². The highest BCUT2D eigenvalue weighted by molar-refractivity contribution is 5.66. The minimum atomic E-state index is -0.830. The molecule has 0 saturated heterocycles. The average Bonchev–Trinajstić information content (AvgIpc) is 2.89. The minimum absolute atomic E-state index is 0.176. The lowest BCUT2D eigenvalue weighted by Gasteiger charge is -2.26. The van der Waals surface area contributed by atoms with Crippen molar-refractivity contribution in [3.63, 3.8) is 0 Å². The van der Waals surface area contributed by atoms with Gasteiger partial charge in [0.15, 0.2) is 0 Å². The zero-order valence-corrected chi connectivity index (χ0v) is 20.8. The van der Waals surface area contributed by atoms with E-state index in [-0.39, 0.29) is 5.41 Å². The third kappa shape index (κ3) is 5.31. The van der Waals surface area contributed by atoms with E-state index in [1.54, 1.807) is 7.11 Å². The molecule has 1 unspecified atom stereocenters. The predicted octanol–water partition coefficient (Wildman–Crippen LogP) is 8.01. The molecule has 1 atom stereocenters. The summed E-state index contributed by atoms with van der Waals surface area (Å²) in [7, 11) is 1.67. The van der Waals surface area contributed by atoms with E-state index >= 15 is 0 Å². The van der Waals surface area contributed by atoms with Crippen molar-refractivity contribution >= 4 is 0 Å². The number of methoxy groups -OCH3 is 1. The molecule has 0 bridgehead atoms. The molecule has 4 aromatic carbocycles. The van der Waals surface area contributed by atoms with Crippen LogP contribution >= 0.6 is 0 Å². The molecule has 3 heteroatoms. The maximum Gasteiger partial charge on any atom is 0.133 e. The van der Waals surface area contributed by atoms with Crippen LogP contribution in [0.5, 0.6) is 17.2 Å². The molecule has 0 aromatic heterocycles. The van der Waals surface area contributed by atoms with Crippen LogP contribution in [0.25, 0.3) is 11.1 Å². The monoisotopic (exact) mass is 464 g/mol. The molecule has 0 spiro atoms. The highest BCUT2D eigenvalue weighted by Gasteiger charge is 2.23. The summed E-state index contributed by atoms with van der Waals surface area (Å²) >= 11 is 0. The summed E-state index contributed by atoms with van der Waals surface area (Å²) in [4.78, 5) is 0. The Kier molecular flexibility index (Phi) is 7.09. The second kappa shape index (κ2) is 10.2. The zero-order chi connectivity index (χ0) is 25.0. The number of benzene rings is 4. The summed E-state index contributed by atoms with van der Waals surface area (Å²) in [6, 6.07) is 30.5. The first-order valence-corrected chi connectivity index (χ1v) is 11.8. The number of aryl methyl sites for hydroxylation is 1. The Morgan fingerprint density at radius 3 is 1.86 bits per heavy atom. The van der Waals surface area contributed by atoms with Crippen molar-refractivity contribution in [1.82, 2.24) is 0 Å². The Balaban J connectivity index is 1.59. The molecule has 0 aliphatic rings. The van der Waals surface area contributed by atoms with E-state index in [0.29, 0.717) is 17.1 Å². The Morgan fingerprint density at radius 2 is 1.31 bits per heavy atom. The first-order valence-electron chi connectivity index (χ1n) is 11.8. The lowest BCUT2D eigenvalue weighted by Crippen LogP contribution is -2.18. The van der Waals surface area contributed by atoms with E-state index in [0.717, 1.165) is 16.9 Å². The normalized spacial score (nSPS) is 12.1. The molecule has 0 amide bonds. The topological polar surface area (TPSA) is 38.7 Å². The number of rotatable bonds is 8. The second-order valence-electron chi connectivity index (χ2n) is 9.28. The van der Waals surface area contributed by atoms with Crippen LogP contribution in [0.15, 0.2) is 104 Å². The summed E-state index contributed by atoms with van der Waals surface area (Å²) in [5, 5.41) is 10.6. The molecule has 35 heavy (non-hydrogen) atoms. The summed E-state index contributed by atoms with van der Waals surface area (Å²) < 4.78 is 11.5. The maximum absolute atomic E-state index is 10.6. The van der Waals surface area contributed by atoms with Crippen LogP contribution in [0.3, 0.4) is 0 Å². The van der Waals surface area contributed by atoms with Crippen LogP contribution in [0, 0.1) is 6.92 Å². The van der Waals surface area contributed by atoms with Crippen molar-refractivity contribution in [2.24, 2.45) is 0 Å². The number of aliphatic hydroxyl groups excluding tert-OH is 1. The Hall–Kier alpha value is -3.82. The standard InChI is InChI=1S/C32H32O3/c1-6-30(33)29-21-24(23-9-7-22(2)8-10-23)11-20-31(29)35-28-18-14-26(15-19-28)32(3,4)25-12-16-27(34-5)17-13-25/h6-21,30,33H,1H2,2-5H3. The first kappa shape index (κ1) is 24.3. The number of hydrogen-bond donors (Lipinski definition) is 1. The average molecular weight is 465 g/mol. The van der Waals surface area contributed by atoms with Crippen LogP contribution in [0.4, 0.5) is 0 Å². The van der Waals surface area contributed by atoms with Crippen LogP contribution in [-0.2, 0) is 5.41 Å². The molecule has 1 N–H and O–H groups in total. The van der Waals surface area contributed by atoms with Gasteiger partial charge in [-0.15, -0.1) is 6.58 Å². The van der Waals surface area contributed by atoms with E-state index in [9.17, 15) is 5.11 Å². The molecule has 0 saturated carbocycles. The van der Waals surface area contributed by atoms with Crippen molar-refractivity contribution in [2.45, 2.75) is 32.3 Å². The molecule has 4 rings (SSSR count). The van der Waals surface area contributed by atoms with Gasteiger partial charge in [0.05, 0.1) is 7.11 Å². The molecule has 3 nitrogen and oxygen atoms in total. The highest BCUT2D eigenvalue weighted by Crippen LogP contribution is 2.37. The van der Waals surface area contributed by atoms with E-state index in [2.05, 4.69) is 75.9 Å².